The molecule has 2 aliphatic heterocycles. The third-order valence-corrected chi connectivity index (χ3v) is 3.91. The van der Waals surface area contributed by atoms with Crippen LogP contribution in [0.15, 0.2) is 4.99 Å². The number of nitrogens with zero attached hydrogens (tertiary/aromatic N) is 1. The molecule has 0 saturated carbocycles. The summed E-state index contributed by atoms with van der Waals surface area (Å²) in [6.45, 7) is 0.231. The van der Waals surface area contributed by atoms with Crippen molar-refractivity contribution in [2.24, 2.45) is 4.99 Å². The van der Waals surface area contributed by atoms with Crippen LogP contribution in [0, 0.1) is 0 Å². The highest BCUT2D eigenvalue weighted by Gasteiger charge is 2.39. The molecule has 16 heavy (non-hydrogen) atoms. The molecule has 0 amide bonds. The zero-order valence-electron chi connectivity index (χ0n) is 8.64. The summed E-state index contributed by atoms with van der Waals surface area (Å²) in [6, 6.07) is 0. The van der Waals surface area contributed by atoms with Gasteiger partial charge >= 0.3 is 6.18 Å². The van der Waals surface area contributed by atoms with Gasteiger partial charge in [0.25, 0.3) is 0 Å². The number of ether oxygens (including phenoxy) is 1. The second-order valence-electron chi connectivity index (χ2n) is 4.04. The lowest BCUT2D eigenvalue weighted by Crippen LogP contribution is -2.48. The number of hydrogen-bond acceptors (Lipinski definition) is 3. The van der Waals surface area contributed by atoms with Gasteiger partial charge in [0, 0.05) is 19.0 Å². The summed E-state index contributed by atoms with van der Waals surface area (Å²) < 4.78 is 41.2. The average Bonchev–Trinajstić information content (AvgIpc) is 2.59. The molecular formula is C9H13F3N2OS. The van der Waals surface area contributed by atoms with Gasteiger partial charge in [0.2, 0.25) is 0 Å². The van der Waals surface area contributed by atoms with E-state index in [0.29, 0.717) is 18.4 Å². The molecule has 1 N–H and O–H groups in total. The van der Waals surface area contributed by atoms with E-state index in [-0.39, 0.29) is 5.54 Å². The Hall–Kier alpha value is -0.430. The summed E-state index contributed by atoms with van der Waals surface area (Å²) in [7, 11) is 0. The zero-order valence-corrected chi connectivity index (χ0v) is 9.46. The lowest BCUT2D eigenvalue weighted by Gasteiger charge is -2.32. The number of halogens is 3. The van der Waals surface area contributed by atoms with E-state index in [1.807, 2.05) is 0 Å². The van der Waals surface area contributed by atoms with E-state index in [1.54, 1.807) is 0 Å². The number of amidine groups is 1. The Labute approximate surface area is 95.8 Å². The Morgan fingerprint density at radius 1 is 1.38 bits per heavy atom. The van der Waals surface area contributed by atoms with Crippen molar-refractivity contribution in [3.05, 3.63) is 0 Å². The van der Waals surface area contributed by atoms with Gasteiger partial charge in [-0.05, 0) is 12.8 Å². The van der Waals surface area contributed by atoms with Crippen molar-refractivity contribution >= 4 is 16.9 Å². The number of thioether (sulfide) groups is 1. The molecule has 0 radical (unpaired) electrons. The summed E-state index contributed by atoms with van der Waals surface area (Å²) in [5, 5.41) is 3.53. The maximum absolute atomic E-state index is 12.0. The fourth-order valence-corrected chi connectivity index (χ4v) is 3.00. The predicted molar refractivity (Wildman–Crippen MR) is 56.7 cm³/mol. The first-order chi connectivity index (χ1) is 7.49. The first-order valence-electron chi connectivity index (χ1n) is 5.09. The molecule has 2 fully saturated rings. The van der Waals surface area contributed by atoms with E-state index in [9.17, 15) is 13.2 Å². The maximum atomic E-state index is 12.0. The fourth-order valence-electron chi connectivity index (χ4n) is 1.78. The largest absolute Gasteiger partial charge is 0.408 e. The molecule has 2 aliphatic rings. The molecule has 0 aromatic rings. The van der Waals surface area contributed by atoms with Gasteiger partial charge in [-0.15, -0.1) is 0 Å². The second-order valence-corrected chi connectivity index (χ2v) is 5.01. The Balaban J connectivity index is 1.92. The van der Waals surface area contributed by atoms with Gasteiger partial charge in [-0.2, -0.15) is 13.2 Å². The molecule has 7 heteroatoms. The van der Waals surface area contributed by atoms with Crippen LogP contribution in [0.25, 0.3) is 0 Å². The van der Waals surface area contributed by atoms with E-state index < -0.39 is 12.7 Å². The Morgan fingerprint density at radius 2 is 2.06 bits per heavy atom. The molecular weight excluding hydrogens is 241 g/mol. The van der Waals surface area contributed by atoms with E-state index in [2.05, 4.69) is 10.3 Å². The molecule has 0 bridgehead atoms. The summed E-state index contributed by atoms with van der Waals surface area (Å²) in [4.78, 5) is 3.55. The Bertz CT molecular complexity index is 287. The second kappa shape index (κ2) is 4.44. The molecule has 2 rings (SSSR count). The maximum Gasteiger partial charge on any atom is 0.408 e. The SMILES string of the molecule is FC(F)(F)CN=C1NC2(CCOCC2)CS1. The van der Waals surface area contributed by atoms with Crippen molar-refractivity contribution in [3.8, 4) is 0 Å². The molecule has 2 saturated heterocycles. The highest BCUT2D eigenvalue weighted by molar-refractivity contribution is 8.14. The molecule has 0 aromatic heterocycles. The third-order valence-electron chi connectivity index (χ3n) is 2.71. The van der Waals surface area contributed by atoms with Gasteiger partial charge in [0.1, 0.15) is 6.54 Å². The summed E-state index contributed by atoms with van der Waals surface area (Å²) >= 11 is 1.37. The van der Waals surface area contributed by atoms with Crippen LogP contribution in [0.2, 0.25) is 0 Å². The minimum atomic E-state index is -4.22. The first-order valence-corrected chi connectivity index (χ1v) is 6.08. The van der Waals surface area contributed by atoms with Crippen molar-refractivity contribution in [1.82, 2.24) is 5.32 Å². The molecule has 0 atom stereocenters. The molecule has 92 valence electrons. The Morgan fingerprint density at radius 3 is 2.69 bits per heavy atom. The van der Waals surface area contributed by atoms with E-state index in [4.69, 9.17) is 4.74 Å². The van der Waals surface area contributed by atoms with Crippen molar-refractivity contribution in [2.45, 2.75) is 24.6 Å². The third kappa shape index (κ3) is 3.04. The summed E-state index contributed by atoms with van der Waals surface area (Å²) in [5.74, 6) is 0.785. The molecule has 0 aromatic carbocycles. The van der Waals surface area contributed by atoms with Crippen molar-refractivity contribution < 1.29 is 17.9 Å². The minimum Gasteiger partial charge on any atom is -0.381 e. The van der Waals surface area contributed by atoms with Gasteiger partial charge in [0.05, 0.1) is 5.54 Å². The minimum absolute atomic E-state index is 0.0899. The van der Waals surface area contributed by atoms with Crippen LogP contribution in [0.3, 0.4) is 0 Å². The monoisotopic (exact) mass is 254 g/mol. The van der Waals surface area contributed by atoms with Gasteiger partial charge in [-0.1, -0.05) is 11.8 Å². The molecule has 3 nitrogen and oxygen atoms in total. The van der Waals surface area contributed by atoms with Crippen LogP contribution in [-0.2, 0) is 4.74 Å². The number of nitrogens with one attached hydrogen (secondary N) is 1. The lowest BCUT2D eigenvalue weighted by atomic mass is 9.93. The van der Waals surface area contributed by atoms with Crippen LogP contribution in [0.4, 0.5) is 13.2 Å². The zero-order chi connectivity index (χ0) is 11.6. The predicted octanol–water partition coefficient (Wildman–Crippen LogP) is 1.79. The quantitative estimate of drug-likeness (QED) is 0.774. The van der Waals surface area contributed by atoms with Crippen molar-refractivity contribution in [1.29, 1.82) is 0 Å². The fraction of sp³-hybridized carbons (Fsp3) is 0.889. The first kappa shape index (κ1) is 12.0. The van der Waals surface area contributed by atoms with Gasteiger partial charge in [0.15, 0.2) is 5.17 Å². The van der Waals surface area contributed by atoms with Crippen molar-refractivity contribution in [2.75, 3.05) is 25.5 Å². The number of rotatable bonds is 1. The highest BCUT2D eigenvalue weighted by Crippen LogP contribution is 2.32. The highest BCUT2D eigenvalue weighted by atomic mass is 32.2. The number of alkyl halides is 3. The Kier molecular flexibility index (Phi) is 3.34. The molecule has 0 aliphatic carbocycles. The lowest BCUT2D eigenvalue weighted by molar-refractivity contribution is -0.118. The normalized spacial score (nSPS) is 27.3. The topological polar surface area (TPSA) is 33.6 Å². The van der Waals surface area contributed by atoms with Crippen LogP contribution in [0.5, 0.6) is 0 Å². The van der Waals surface area contributed by atoms with E-state index >= 15 is 0 Å². The van der Waals surface area contributed by atoms with Gasteiger partial charge in [-0.25, -0.2) is 0 Å². The van der Waals surface area contributed by atoms with Crippen LogP contribution < -0.4 is 5.32 Å². The summed E-state index contributed by atoms with van der Waals surface area (Å²) in [5.41, 5.74) is -0.0899. The molecule has 2 heterocycles. The van der Waals surface area contributed by atoms with Crippen LogP contribution in [0.1, 0.15) is 12.8 Å². The number of hydrogen-bond donors (Lipinski definition) is 1. The van der Waals surface area contributed by atoms with E-state index in [1.165, 1.54) is 11.8 Å². The van der Waals surface area contributed by atoms with Crippen LogP contribution >= 0.6 is 11.8 Å². The van der Waals surface area contributed by atoms with Crippen molar-refractivity contribution in [3.63, 3.8) is 0 Å². The van der Waals surface area contributed by atoms with Crippen LogP contribution in [-0.4, -0.2) is 42.4 Å². The standard InChI is InChI=1S/C9H13F3N2OS/c10-9(11,12)5-13-7-14-8(6-16-7)1-3-15-4-2-8/h1-6H2,(H,13,14). The van der Waals surface area contributed by atoms with E-state index in [0.717, 1.165) is 18.6 Å². The summed E-state index contributed by atoms with van der Waals surface area (Å²) in [6.07, 6.45) is -2.54. The molecule has 0 unspecified atom stereocenters. The average molecular weight is 254 g/mol. The smallest absolute Gasteiger partial charge is 0.381 e. The van der Waals surface area contributed by atoms with Gasteiger partial charge < -0.3 is 10.1 Å². The number of aliphatic imine (C=N–C) groups is 1. The van der Waals surface area contributed by atoms with Gasteiger partial charge in [-0.3, -0.25) is 4.99 Å². The molecule has 1 spiro atoms.